The number of unbranched alkanes of at least 4 members (excludes halogenated alkanes) is 13. The summed E-state index contributed by atoms with van der Waals surface area (Å²) in [4.78, 5) is 0. The SMILES string of the molecule is CCCCCCCCCCCCCCCCC(Cc1ccccc1)=C(N)Cc1ccccc1. The van der Waals surface area contributed by atoms with Crippen molar-refractivity contribution in [3.8, 4) is 0 Å². The maximum atomic E-state index is 6.63. The van der Waals surface area contributed by atoms with Gasteiger partial charge in [-0.15, -0.1) is 0 Å². The van der Waals surface area contributed by atoms with E-state index in [0.717, 1.165) is 25.0 Å². The summed E-state index contributed by atoms with van der Waals surface area (Å²) in [7, 11) is 0. The van der Waals surface area contributed by atoms with Crippen LogP contribution in [-0.2, 0) is 12.8 Å². The number of benzene rings is 2. The molecular weight excluding hydrogens is 398 g/mol. The third-order valence-electron chi connectivity index (χ3n) is 6.78. The van der Waals surface area contributed by atoms with Gasteiger partial charge in [0.1, 0.15) is 0 Å². The fraction of sp³-hybridized carbons (Fsp3) is 0.562. The van der Waals surface area contributed by atoms with E-state index in [1.165, 1.54) is 107 Å². The monoisotopic (exact) mass is 447 g/mol. The topological polar surface area (TPSA) is 26.0 Å². The molecule has 0 saturated heterocycles. The minimum atomic E-state index is 0.863. The standard InChI is InChI=1S/C32H49N/c1-2-3-4-5-6-7-8-9-10-11-12-13-14-21-26-31(27-29-22-17-15-18-23-29)32(33)28-30-24-19-16-20-25-30/h15-20,22-25H,2-14,21,26-28,33H2,1H3. The first-order chi connectivity index (χ1) is 16.3. The first-order valence-corrected chi connectivity index (χ1v) is 13.8. The Morgan fingerprint density at radius 1 is 0.515 bits per heavy atom. The van der Waals surface area contributed by atoms with Crippen molar-refractivity contribution >= 4 is 0 Å². The Bertz CT molecular complexity index is 732. The maximum absolute atomic E-state index is 6.63. The lowest BCUT2D eigenvalue weighted by molar-refractivity contribution is 0.535. The molecule has 0 aliphatic carbocycles. The Morgan fingerprint density at radius 2 is 0.909 bits per heavy atom. The van der Waals surface area contributed by atoms with Crippen LogP contribution in [0.3, 0.4) is 0 Å². The molecule has 2 rings (SSSR count). The quantitative estimate of drug-likeness (QED) is 0.213. The lowest BCUT2D eigenvalue weighted by atomic mass is 9.95. The Kier molecular flexibility index (Phi) is 15.2. The summed E-state index contributed by atoms with van der Waals surface area (Å²) in [5, 5.41) is 0. The zero-order valence-corrected chi connectivity index (χ0v) is 21.4. The van der Waals surface area contributed by atoms with Crippen LogP contribution >= 0.6 is 0 Å². The zero-order chi connectivity index (χ0) is 23.4. The van der Waals surface area contributed by atoms with E-state index in [2.05, 4.69) is 67.6 Å². The number of nitrogens with two attached hydrogens (primary N) is 1. The normalized spacial score (nSPS) is 12.0. The molecule has 0 aliphatic rings. The van der Waals surface area contributed by atoms with Gasteiger partial charge in [0.25, 0.3) is 0 Å². The molecule has 182 valence electrons. The van der Waals surface area contributed by atoms with Crippen LogP contribution in [0.25, 0.3) is 0 Å². The van der Waals surface area contributed by atoms with Gasteiger partial charge in [-0.05, 0) is 36.0 Å². The van der Waals surface area contributed by atoms with Crippen molar-refractivity contribution in [2.75, 3.05) is 0 Å². The molecule has 0 aromatic heterocycles. The molecule has 0 bridgehead atoms. The van der Waals surface area contributed by atoms with E-state index in [1.54, 1.807) is 0 Å². The van der Waals surface area contributed by atoms with Gasteiger partial charge in [0.05, 0.1) is 0 Å². The Labute approximate surface area is 204 Å². The number of hydrogen-bond acceptors (Lipinski definition) is 1. The van der Waals surface area contributed by atoms with Gasteiger partial charge in [-0.1, -0.05) is 151 Å². The molecular formula is C32H49N. The highest BCUT2D eigenvalue weighted by molar-refractivity contribution is 5.28. The van der Waals surface area contributed by atoms with Crippen molar-refractivity contribution in [2.24, 2.45) is 5.73 Å². The molecule has 2 aromatic rings. The van der Waals surface area contributed by atoms with E-state index in [-0.39, 0.29) is 0 Å². The first kappa shape index (κ1) is 27.2. The summed E-state index contributed by atoms with van der Waals surface area (Å²) in [5.74, 6) is 0. The second kappa shape index (κ2) is 18.4. The Balaban J connectivity index is 1.63. The van der Waals surface area contributed by atoms with Crippen LogP contribution in [0.15, 0.2) is 71.9 Å². The summed E-state index contributed by atoms with van der Waals surface area (Å²) in [5.41, 5.74) is 11.8. The van der Waals surface area contributed by atoms with Gasteiger partial charge < -0.3 is 5.73 Å². The summed E-state index contributed by atoms with van der Waals surface area (Å²) < 4.78 is 0. The second-order valence-corrected chi connectivity index (χ2v) is 9.80. The Hall–Kier alpha value is -2.02. The van der Waals surface area contributed by atoms with E-state index < -0.39 is 0 Å². The third kappa shape index (κ3) is 13.3. The molecule has 0 amide bonds. The van der Waals surface area contributed by atoms with Crippen molar-refractivity contribution in [1.29, 1.82) is 0 Å². The zero-order valence-electron chi connectivity index (χ0n) is 21.4. The fourth-order valence-electron chi connectivity index (χ4n) is 4.68. The summed E-state index contributed by atoms with van der Waals surface area (Å²) in [6, 6.07) is 21.4. The smallest absolute Gasteiger partial charge is 0.0120 e. The van der Waals surface area contributed by atoms with E-state index in [1.807, 2.05) is 0 Å². The maximum Gasteiger partial charge on any atom is 0.0120 e. The number of rotatable bonds is 19. The molecule has 0 saturated carbocycles. The van der Waals surface area contributed by atoms with Gasteiger partial charge in [-0.25, -0.2) is 0 Å². The van der Waals surface area contributed by atoms with Crippen LogP contribution in [0.2, 0.25) is 0 Å². The highest BCUT2D eigenvalue weighted by Crippen LogP contribution is 2.20. The van der Waals surface area contributed by atoms with Gasteiger partial charge in [-0.3, -0.25) is 0 Å². The average molecular weight is 448 g/mol. The van der Waals surface area contributed by atoms with E-state index in [9.17, 15) is 0 Å². The van der Waals surface area contributed by atoms with E-state index in [0.29, 0.717) is 0 Å². The summed E-state index contributed by atoms with van der Waals surface area (Å²) in [6.45, 7) is 2.29. The van der Waals surface area contributed by atoms with Crippen molar-refractivity contribution < 1.29 is 0 Å². The third-order valence-corrected chi connectivity index (χ3v) is 6.78. The molecule has 2 aromatic carbocycles. The molecule has 0 fully saturated rings. The minimum absolute atomic E-state index is 0.863. The lowest BCUT2D eigenvalue weighted by Crippen LogP contribution is -2.08. The molecule has 2 N–H and O–H groups in total. The van der Waals surface area contributed by atoms with Crippen LogP contribution in [0.4, 0.5) is 0 Å². The molecule has 0 atom stereocenters. The number of hydrogen-bond donors (Lipinski definition) is 1. The van der Waals surface area contributed by atoms with Crippen molar-refractivity contribution in [1.82, 2.24) is 0 Å². The predicted molar refractivity (Wildman–Crippen MR) is 146 cm³/mol. The second-order valence-electron chi connectivity index (χ2n) is 9.80. The van der Waals surface area contributed by atoms with Crippen LogP contribution in [0.1, 0.15) is 114 Å². The van der Waals surface area contributed by atoms with Gasteiger partial charge in [-0.2, -0.15) is 0 Å². The van der Waals surface area contributed by atoms with Gasteiger partial charge in [0.15, 0.2) is 0 Å². The van der Waals surface area contributed by atoms with Crippen LogP contribution < -0.4 is 5.73 Å². The molecule has 0 heterocycles. The average Bonchev–Trinajstić information content (AvgIpc) is 2.84. The van der Waals surface area contributed by atoms with Crippen LogP contribution in [-0.4, -0.2) is 0 Å². The molecule has 0 spiro atoms. The van der Waals surface area contributed by atoms with Crippen LogP contribution in [0.5, 0.6) is 0 Å². The van der Waals surface area contributed by atoms with Gasteiger partial charge >= 0.3 is 0 Å². The highest BCUT2D eigenvalue weighted by Gasteiger charge is 2.07. The van der Waals surface area contributed by atoms with Crippen molar-refractivity contribution in [3.05, 3.63) is 83.1 Å². The molecule has 33 heavy (non-hydrogen) atoms. The predicted octanol–water partition coefficient (Wildman–Crippen LogP) is 9.56. The van der Waals surface area contributed by atoms with E-state index >= 15 is 0 Å². The molecule has 0 unspecified atom stereocenters. The molecule has 1 nitrogen and oxygen atoms in total. The summed E-state index contributed by atoms with van der Waals surface area (Å²) >= 11 is 0. The lowest BCUT2D eigenvalue weighted by Gasteiger charge is -2.13. The largest absolute Gasteiger partial charge is 0.402 e. The van der Waals surface area contributed by atoms with E-state index in [4.69, 9.17) is 5.73 Å². The minimum Gasteiger partial charge on any atom is -0.402 e. The van der Waals surface area contributed by atoms with Crippen LogP contribution in [0, 0.1) is 0 Å². The van der Waals surface area contributed by atoms with Crippen molar-refractivity contribution in [3.63, 3.8) is 0 Å². The molecule has 1 heteroatoms. The Morgan fingerprint density at radius 3 is 1.36 bits per heavy atom. The first-order valence-electron chi connectivity index (χ1n) is 13.8. The summed E-state index contributed by atoms with van der Waals surface area (Å²) in [6.07, 6.45) is 22.6. The molecule has 0 aliphatic heterocycles. The fourth-order valence-corrected chi connectivity index (χ4v) is 4.68. The molecule has 0 radical (unpaired) electrons. The highest BCUT2D eigenvalue weighted by atomic mass is 14.6. The van der Waals surface area contributed by atoms with Gasteiger partial charge in [0, 0.05) is 12.1 Å². The van der Waals surface area contributed by atoms with Crippen molar-refractivity contribution in [2.45, 2.75) is 116 Å². The van der Waals surface area contributed by atoms with Gasteiger partial charge in [0.2, 0.25) is 0 Å². The number of allylic oxidation sites excluding steroid dienone is 2.